The van der Waals surface area contributed by atoms with Crippen molar-refractivity contribution in [3.8, 4) is 0 Å². The maximum absolute atomic E-state index is 12.0. The molecule has 1 rings (SSSR count). The molecule has 1 atom stereocenters. The topological polar surface area (TPSA) is 80.6 Å². The van der Waals surface area contributed by atoms with E-state index < -0.39 is 5.97 Å². The minimum atomic E-state index is -0.856. The van der Waals surface area contributed by atoms with Crippen LogP contribution in [0.25, 0.3) is 0 Å². The van der Waals surface area contributed by atoms with E-state index in [9.17, 15) is 9.59 Å². The first-order valence-electron chi connectivity index (χ1n) is 6.18. The van der Waals surface area contributed by atoms with Crippen LogP contribution in [0.4, 0.5) is 0 Å². The van der Waals surface area contributed by atoms with Gasteiger partial charge < -0.3 is 19.7 Å². The molecule has 0 aliphatic heterocycles. The molecule has 0 saturated carbocycles. The maximum Gasteiger partial charge on any atom is 0.303 e. The lowest BCUT2D eigenvalue weighted by molar-refractivity contribution is -0.137. The maximum atomic E-state index is 12.0. The zero-order chi connectivity index (χ0) is 14.3. The molecule has 6 nitrogen and oxygen atoms in total. The van der Waals surface area contributed by atoms with Crippen molar-refractivity contribution in [2.24, 2.45) is 5.92 Å². The molecule has 6 heteroatoms. The fourth-order valence-electron chi connectivity index (χ4n) is 1.73. The van der Waals surface area contributed by atoms with E-state index in [0.29, 0.717) is 25.4 Å². The van der Waals surface area contributed by atoms with E-state index in [0.717, 1.165) is 0 Å². The summed E-state index contributed by atoms with van der Waals surface area (Å²) in [6, 6.07) is 3.53. The molecule has 0 fully saturated rings. The summed E-state index contributed by atoms with van der Waals surface area (Å²) in [5.41, 5.74) is 0.555. The fourth-order valence-corrected chi connectivity index (χ4v) is 1.73. The molecule has 1 aromatic heterocycles. The van der Waals surface area contributed by atoms with Crippen molar-refractivity contribution in [2.75, 3.05) is 20.3 Å². The van der Waals surface area contributed by atoms with E-state index in [1.54, 1.807) is 30.7 Å². The highest BCUT2D eigenvalue weighted by atomic mass is 16.5. The standard InChI is InChI=1S/C13H20N2O4/c1-10(8-12(16)17)9-14-13(18)11-4-3-5-15(11)6-7-19-2/h3-5,10H,6-9H2,1-2H3,(H,14,18)(H,16,17). The number of rotatable bonds is 8. The molecule has 1 amide bonds. The molecule has 1 aromatic rings. The summed E-state index contributed by atoms with van der Waals surface area (Å²) in [6.07, 6.45) is 1.86. The minimum absolute atomic E-state index is 0.0466. The van der Waals surface area contributed by atoms with Gasteiger partial charge in [-0.1, -0.05) is 6.92 Å². The quantitative estimate of drug-likeness (QED) is 0.736. The van der Waals surface area contributed by atoms with Gasteiger partial charge in [-0.05, 0) is 18.1 Å². The fraction of sp³-hybridized carbons (Fsp3) is 0.538. The number of methoxy groups -OCH3 is 1. The number of aliphatic carboxylic acids is 1. The summed E-state index contributed by atoms with van der Waals surface area (Å²) < 4.78 is 6.78. The number of hydrogen-bond acceptors (Lipinski definition) is 3. The van der Waals surface area contributed by atoms with Crippen molar-refractivity contribution in [1.29, 1.82) is 0 Å². The predicted molar refractivity (Wildman–Crippen MR) is 70.1 cm³/mol. The third kappa shape index (κ3) is 5.13. The van der Waals surface area contributed by atoms with Crippen LogP contribution in [0.3, 0.4) is 0 Å². The molecule has 0 saturated heterocycles. The van der Waals surface area contributed by atoms with Crippen LogP contribution >= 0.6 is 0 Å². The van der Waals surface area contributed by atoms with Crippen molar-refractivity contribution >= 4 is 11.9 Å². The molecule has 19 heavy (non-hydrogen) atoms. The highest BCUT2D eigenvalue weighted by Crippen LogP contribution is 2.04. The summed E-state index contributed by atoms with van der Waals surface area (Å²) >= 11 is 0. The highest BCUT2D eigenvalue weighted by Gasteiger charge is 2.13. The van der Waals surface area contributed by atoms with Gasteiger partial charge in [-0.2, -0.15) is 0 Å². The Morgan fingerprint density at radius 3 is 2.89 bits per heavy atom. The van der Waals surface area contributed by atoms with E-state index in [2.05, 4.69) is 5.32 Å². The second kappa shape index (κ2) is 7.58. The SMILES string of the molecule is COCCn1cccc1C(=O)NCC(C)CC(=O)O. The molecule has 0 radical (unpaired) electrons. The van der Waals surface area contributed by atoms with Crippen LogP contribution in [0.5, 0.6) is 0 Å². The first-order chi connectivity index (χ1) is 9.04. The largest absolute Gasteiger partial charge is 0.481 e. The zero-order valence-corrected chi connectivity index (χ0v) is 11.3. The Morgan fingerprint density at radius 2 is 2.26 bits per heavy atom. The molecular formula is C13H20N2O4. The first kappa shape index (κ1) is 15.2. The predicted octanol–water partition coefficient (Wildman–Crippen LogP) is 0.975. The Bertz CT molecular complexity index is 428. The average Bonchev–Trinajstić information content (AvgIpc) is 2.80. The second-order valence-electron chi connectivity index (χ2n) is 4.49. The van der Waals surface area contributed by atoms with Crippen LogP contribution in [0.1, 0.15) is 23.8 Å². The Balaban J connectivity index is 2.49. The lowest BCUT2D eigenvalue weighted by Crippen LogP contribution is -2.31. The molecule has 0 aliphatic rings. The monoisotopic (exact) mass is 268 g/mol. The molecule has 1 unspecified atom stereocenters. The van der Waals surface area contributed by atoms with Crippen LogP contribution in [0, 0.1) is 5.92 Å². The Labute approximate surface area is 112 Å². The molecule has 0 bridgehead atoms. The van der Waals surface area contributed by atoms with Crippen LogP contribution < -0.4 is 5.32 Å². The number of ether oxygens (including phenoxy) is 1. The minimum Gasteiger partial charge on any atom is -0.481 e. The van der Waals surface area contributed by atoms with Crippen molar-refractivity contribution in [1.82, 2.24) is 9.88 Å². The van der Waals surface area contributed by atoms with Crippen LogP contribution in [-0.4, -0.2) is 41.8 Å². The first-order valence-corrected chi connectivity index (χ1v) is 6.18. The molecular weight excluding hydrogens is 248 g/mol. The normalized spacial score (nSPS) is 12.1. The molecule has 2 N–H and O–H groups in total. The van der Waals surface area contributed by atoms with Gasteiger partial charge in [0.25, 0.3) is 5.91 Å². The van der Waals surface area contributed by atoms with Crippen molar-refractivity contribution in [3.05, 3.63) is 24.0 Å². The van der Waals surface area contributed by atoms with Gasteiger partial charge in [-0.3, -0.25) is 9.59 Å². The van der Waals surface area contributed by atoms with Gasteiger partial charge in [0.15, 0.2) is 0 Å². The number of nitrogens with zero attached hydrogens (tertiary/aromatic N) is 1. The Hall–Kier alpha value is -1.82. The number of aromatic nitrogens is 1. The Morgan fingerprint density at radius 1 is 1.53 bits per heavy atom. The summed E-state index contributed by atoms with van der Waals surface area (Å²) in [5, 5.41) is 11.4. The van der Waals surface area contributed by atoms with Crippen molar-refractivity contribution in [2.45, 2.75) is 19.9 Å². The van der Waals surface area contributed by atoms with Gasteiger partial charge in [0.2, 0.25) is 0 Å². The van der Waals surface area contributed by atoms with Crippen molar-refractivity contribution < 1.29 is 19.4 Å². The van der Waals surface area contributed by atoms with E-state index in [-0.39, 0.29) is 18.2 Å². The van der Waals surface area contributed by atoms with Gasteiger partial charge in [0.1, 0.15) is 5.69 Å². The summed E-state index contributed by atoms with van der Waals surface area (Å²) in [6.45, 7) is 3.28. The number of nitrogens with one attached hydrogen (secondary N) is 1. The van der Waals surface area contributed by atoms with Gasteiger partial charge in [0, 0.05) is 32.8 Å². The zero-order valence-electron chi connectivity index (χ0n) is 11.3. The number of hydrogen-bond donors (Lipinski definition) is 2. The molecule has 0 spiro atoms. The van der Waals surface area contributed by atoms with Crippen LogP contribution in [-0.2, 0) is 16.1 Å². The number of carboxylic acids is 1. The van der Waals surface area contributed by atoms with Crippen LogP contribution in [0.15, 0.2) is 18.3 Å². The van der Waals surface area contributed by atoms with Crippen LogP contribution in [0.2, 0.25) is 0 Å². The molecule has 106 valence electrons. The van der Waals surface area contributed by atoms with Gasteiger partial charge in [0.05, 0.1) is 6.61 Å². The van der Waals surface area contributed by atoms with Gasteiger partial charge >= 0.3 is 5.97 Å². The summed E-state index contributed by atoms with van der Waals surface area (Å²) in [5.74, 6) is -1.15. The van der Waals surface area contributed by atoms with E-state index in [1.807, 2.05) is 6.20 Å². The summed E-state index contributed by atoms with van der Waals surface area (Å²) in [4.78, 5) is 22.5. The lowest BCUT2D eigenvalue weighted by Gasteiger charge is -2.12. The van der Waals surface area contributed by atoms with E-state index in [4.69, 9.17) is 9.84 Å². The second-order valence-corrected chi connectivity index (χ2v) is 4.49. The van der Waals surface area contributed by atoms with Gasteiger partial charge in [-0.25, -0.2) is 0 Å². The lowest BCUT2D eigenvalue weighted by atomic mass is 10.1. The third-order valence-electron chi connectivity index (χ3n) is 2.73. The number of carbonyl (C=O) groups is 2. The van der Waals surface area contributed by atoms with E-state index >= 15 is 0 Å². The molecule has 1 heterocycles. The number of carboxylic acid groups (broad SMARTS) is 1. The average molecular weight is 268 g/mol. The number of amides is 1. The molecule has 0 aromatic carbocycles. The van der Waals surface area contributed by atoms with Crippen molar-refractivity contribution in [3.63, 3.8) is 0 Å². The van der Waals surface area contributed by atoms with Gasteiger partial charge in [-0.15, -0.1) is 0 Å². The highest BCUT2D eigenvalue weighted by molar-refractivity contribution is 5.92. The number of carbonyl (C=O) groups excluding carboxylic acids is 1. The smallest absolute Gasteiger partial charge is 0.303 e. The summed E-state index contributed by atoms with van der Waals surface area (Å²) in [7, 11) is 1.61. The molecule has 0 aliphatic carbocycles. The van der Waals surface area contributed by atoms with E-state index in [1.165, 1.54) is 0 Å². The third-order valence-corrected chi connectivity index (χ3v) is 2.73. The Kier molecular flexibility index (Phi) is 6.08.